The number of phenolic OH excluding ortho intramolecular Hbond substituents is 1. The molecule has 19 heavy (non-hydrogen) atoms. The van der Waals surface area contributed by atoms with E-state index in [2.05, 4.69) is 0 Å². The predicted octanol–water partition coefficient (Wildman–Crippen LogP) is 1.32. The maximum atomic E-state index is 12.3. The number of amides is 1. The summed E-state index contributed by atoms with van der Waals surface area (Å²) in [5, 5.41) is 17.9. The molecule has 1 aromatic rings. The van der Waals surface area contributed by atoms with E-state index in [-0.39, 0.29) is 18.7 Å². The van der Waals surface area contributed by atoms with Gasteiger partial charge in [0.15, 0.2) is 0 Å². The Morgan fingerprint density at radius 1 is 1.32 bits per heavy atom. The largest absolute Gasteiger partial charge is 0.508 e. The van der Waals surface area contributed by atoms with Gasteiger partial charge in [0.1, 0.15) is 12.3 Å². The fraction of sp³-hybridized carbons (Fsp3) is 0.417. The molecule has 4 nitrogen and oxygen atoms in total. The van der Waals surface area contributed by atoms with Gasteiger partial charge in [0.05, 0.1) is 13.0 Å². The van der Waals surface area contributed by atoms with Gasteiger partial charge in [0.2, 0.25) is 5.91 Å². The lowest BCUT2D eigenvalue weighted by Gasteiger charge is -2.23. The monoisotopic (exact) mass is 277 g/mol. The molecule has 0 bridgehead atoms. The summed E-state index contributed by atoms with van der Waals surface area (Å²) in [5.41, 5.74) is 0.412. The summed E-state index contributed by atoms with van der Waals surface area (Å²) in [6.07, 6.45) is -4.77. The van der Waals surface area contributed by atoms with Gasteiger partial charge in [-0.25, -0.2) is 0 Å². The van der Waals surface area contributed by atoms with Gasteiger partial charge < -0.3 is 15.1 Å². The lowest BCUT2D eigenvalue weighted by Crippen LogP contribution is -2.41. The van der Waals surface area contributed by atoms with Gasteiger partial charge in [-0.1, -0.05) is 12.1 Å². The maximum Gasteiger partial charge on any atom is 0.406 e. The first kappa shape index (κ1) is 15.3. The second kappa shape index (κ2) is 6.42. The molecule has 1 amide bonds. The van der Waals surface area contributed by atoms with Crippen molar-refractivity contribution >= 4 is 5.91 Å². The molecular formula is C12H14F3NO3. The number of hydrogen-bond acceptors (Lipinski definition) is 3. The highest BCUT2D eigenvalue weighted by Gasteiger charge is 2.32. The van der Waals surface area contributed by atoms with E-state index in [0.717, 1.165) is 0 Å². The minimum Gasteiger partial charge on any atom is -0.508 e. The first-order chi connectivity index (χ1) is 8.81. The van der Waals surface area contributed by atoms with Crippen molar-refractivity contribution in [3.8, 4) is 5.75 Å². The molecule has 0 spiro atoms. The summed E-state index contributed by atoms with van der Waals surface area (Å²) in [4.78, 5) is 12.3. The van der Waals surface area contributed by atoms with E-state index in [0.29, 0.717) is 10.5 Å². The van der Waals surface area contributed by atoms with Gasteiger partial charge in [-0.15, -0.1) is 0 Å². The Morgan fingerprint density at radius 3 is 2.53 bits per heavy atom. The lowest BCUT2D eigenvalue weighted by atomic mass is 10.1. The Hall–Kier alpha value is -1.76. The first-order valence-corrected chi connectivity index (χ1v) is 5.55. The zero-order valence-electron chi connectivity index (χ0n) is 10.0. The highest BCUT2D eigenvalue weighted by Crippen LogP contribution is 2.18. The molecule has 7 heteroatoms. The number of phenols is 1. The van der Waals surface area contributed by atoms with Gasteiger partial charge in [-0.05, 0) is 17.7 Å². The van der Waals surface area contributed by atoms with E-state index in [1.54, 1.807) is 0 Å². The number of nitrogens with zero attached hydrogens (tertiary/aromatic N) is 1. The minimum absolute atomic E-state index is 0.0603. The van der Waals surface area contributed by atoms with Gasteiger partial charge >= 0.3 is 6.18 Å². The Balaban J connectivity index is 2.71. The molecular weight excluding hydrogens is 263 g/mol. The molecule has 106 valence electrons. The number of alkyl halides is 3. The van der Waals surface area contributed by atoms with Crippen LogP contribution in [-0.4, -0.2) is 46.9 Å². The number of aliphatic hydroxyl groups excluding tert-OH is 1. The van der Waals surface area contributed by atoms with Crippen LogP contribution in [0.25, 0.3) is 0 Å². The van der Waals surface area contributed by atoms with Crippen molar-refractivity contribution in [1.82, 2.24) is 4.90 Å². The summed E-state index contributed by atoms with van der Waals surface area (Å²) >= 11 is 0. The fourth-order valence-electron chi connectivity index (χ4n) is 1.58. The molecule has 0 aromatic heterocycles. The molecule has 2 N–H and O–H groups in total. The quantitative estimate of drug-likeness (QED) is 0.853. The van der Waals surface area contributed by atoms with Crippen molar-refractivity contribution in [2.45, 2.75) is 12.6 Å². The topological polar surface area (TPSA) is 60.8 Å². The van der Waals surface area contributed by atoms with Crippen LogP contribution < -0.4 is 0 Å². The number of benzene rings is 1. The second-order valence-corrected chi connectivity index (χ2v) is 4.00. The molecule has 1 rings (SSSR count). The Labute approximate surface area is 108 Å². The van der Waals surface area contributed by atoms with E-state index >= 15 is 0 Å². The SMILES string of the molecule is O=C(Cc1cccc(O)c1)N(CCO)CC(F)(F)F. The van der Waals surface area contributed by atoms with Crippen LogP contribution in [0.15, 0.2) is 24.3 Å². The molecule has 0 aliphatic heterocycles. The minimum atomic E-state index is -4.51. The molecule has 0 saturated carbocycles. The van der Waals surface area contributed by atoms with Crippen LogP contribution in [0.2, 0.25) is 0 Å². The summed E-state index contributed by atoms with van der Waals surface area (Å²) in [6, 6.07) is 5.73. The van der Waals surface area contributed by atoms with Crippen molar-refractivity contribution in [1.29, 1.82) is 0 Å². The van der Waals surface area contributed by atoms with Crippen molar-refractivity contribution < 1.29 is 28.2 Å². The van der Waals surface area contributed by atoms with Crippen molar-refractivity contribution in [2.24, 2.45) is 0 Å². The third-order valence-corrected chi connectivity index (χ3v) is 2.36. The van der Waals surface area contributed by atoms with E-state index in [1.165, 1.54) is 24.3 Å². The lowest BCUT2D eigenvalue weighted by molar-refractivity contribution is -0.161. The van der Waals surface area contributed by atoms with Crippen LogP contribution >= 0.6 is 0 Å². The molecule has 0 radical (unpaired) electrons. The number of carbonyl (C=O) groups is 1. The van der Waals surface area contributed by atoms with Crippen LogP contribution in [0, 0.1) is 0 Å². The van der Waals surface area contributed by atoms with Crippen LogP contribution in [0.5, 0.6) is 5.75 Å². The number of aromatic hydroxyl groups is 1. The highest BCUT2D eigenvalue weighted by atomic mass is 19.4. The summed E-state index contributed by atoms with van der Waals surface area (Å²) < 4.78 is 36.8. The average molecular weight is 277 g/mol. The predicted molar refractivity (Wildman–Crippen MR) is 61.5 cm³/mol. The summed E-state index contributed by atoms with van der Waals surface area (Å²) in [7, 11) is 0. The zero-order chi connectivity index (χ0) is 14.5. The molecule has 0 fully saturated rings. The fourth-order valence-corrected chi connectivity index (χ4v) is 1.58. The second-order valence-electron chi connectivity index (χ2n) is 4.00. The molecule has 0 unspecified atom stereocenters. The molecule has 0 saturated heterocycles. The number of aliphatic hydroxyl groups is 1. The molecule has 0 atom stereocenters. The van der Waals surface area contributed by atoms with Gasteiger partial charge in [0, 0.05) is 6.54 Å². The number of hydrogen-bond donors (Lipinski definition) is 2. The van der Waals surface area contributed by atoms with Crippen LogP contribution in [0.4, 0.5) is 13.2 Å². The van der Waals surface area contributed by atoms with Crippen LogP contribution in [0.3, 0.4) is 0 Å². The van der Waals surface area contributed by atoms with E-state index in [1.807, 2.05) is 0 Å². The first-order valence-electron chi connectivity index (χ1n) is 5.55. The standard InChI is InChI=1S/C12H14F3NO3/c13-12(14,15)8-16(4-5-17)11(19)7-9-2-1-3-10(18)6-9/h1-3,6,17-18H,4-5,7-8H2. The molecule has 1 aromatic carbocycles. The van der Waals surface area contributed by atoms with Crippen molar-refractivity contribution in [3.63, 3.8) is 0 Å². The van der Waals surface area contributed by atoms with E-state index in [9.17, 15) is 23.1 Å². The van der Waals surface area contributed by atoms with Crippen molar-refractivity contribution in [3.05, 3.63) is 29.8 Å². The Bertz CT molecular complexity index is 434. The third-order valence-electron chi connectivity index (χ3n) is 2.36. The Morgan fingerprint density at radius 2 is 2.00 bits per heavy atom. The van der Waals surface area contributed by atoms with Gasteiger partial charge in [0.25, 0.3) is 0 Å². The Kier molecular flexibility index (Phi) is 5.17. The zero-order valence-corrected chi connectivity index (χ0v) is 10.0. The summed E-state index contributed by atoms with van der Waals surface area (Å²) in [5.74, 6) is -0.813. The highest BCUT2D eigenvalue weighted by molar-refractivity contribution is 5.79. The van der Waals surface area contributed by atoms with Gasteiger partial charge in [-0.2, -0.15) is 13.2 Å². The normalized spacial score (nSPS) is 11.4. The average Bonchev–Trinajstić information content (AvgIpc) is 2.26. The van der Waals surface area contributed by atoms with Crippen LogP contribution in [-0.2, 0) is 11.2 Å². The summed E-state index contributed by atoms with van der Waals surface area (Å²) in [6.45, 7) is -2.32. The number of halogens is 3. The number of rotatable bonds is 5. The molecule has 0 heterocycles. The third kappa shape index (κ3) is 5.60. The van der Waals surface area contributed by atoms with E-state index < -0.39 is 25.2 Å². The van der Waals surface area contributed by atoms with Crippen LogP contribution in [0.1, 0.15) is 5.56 Å². The van der Waals surface area contributed by atoms with E-state index in [4.69, 9.17) is 5.11 Å². The maximum absolute atomic E-state index is 12.3. The molecule has 0 aliphatic rings. The molecule has 0 aliphatic carbocycles. The van der Waals surface area contributed by atoms with Gasteiger partial charge in [-0.3, -0.25) is 4.79 Å². The van der Waals surface area contributed by atoms with Crippen molar-refractivity contribution in [2.75, 3.05) is 19.7 Å². The number of carbonyl (C=O) groups excluding carboxylic acids is 1. The smallest absolute Gasteiger partial charge is 0.406 e.